The number of unbranched alkanes of at least 4 members (excludes halogenated alkanes) is 1. The molecule has 36 heavy (non-hydrogen) atoms. The van der Waals surface area contributed by atoms with Crippen LogP contribution in [0.2, 0.25) is 10.0 Å². The van der Waals surface area contributed by atoms with Gasteiger partial charge in [0.15, 0.2) is 0 Å². The second-order valence-electron chi connectivity index (χ2n) is 9.07. The Balaban J connectivity index is 2.44. The van der Waals surface area contributed by atoms with Gasteiger partial charge in [0.05, 0.1) is 22.0 Å². The lowest BCUT2D eigenvalue weighted by Gasteiger charge is -2.32. The van der Waals surface area contributed by atoms with Crippen LogP contribution in [0.3, 0.4) is 0 Å². The summed E-state index contributed by atoms with van der Waals surface area (Å²) in [6, 6.07) is 11.2. The van der Waals surface area contributed by atoms with Crippen molar-refractivity contribution in [2.24, 2.45) is 0 Å². The molecule has 0 aliphatic heterocycles. The molecule has 1 atom stereocenters. The lowest BCUT2D eigenvalue weighted by Crippen LogP contribution is -2.51. The van der Waals surface area contributed by atoms with Gasteiger partial charge in [-0.15, -0.1) is 0 Å². The van der Waals surface area contributed by atoms with E-state index in [0.717, 1.165) is 29.0 Å². The van der Waals surface area contributed by atoms with Gasteiger partial charge >= 0.3 is 0 Å². The van der Waals surface area contributed by atoms with Gasteiger partial charge in [0.1, 0.15) is 12.6 Å². The van der Waals surface area contributed by atoms with Gasteiger partial charge in [-0.1, -0.05) is 74.7 Å². The molecule has 0 fully saturated rings. The molecular weight excluding hydrogens is 521 g/mol. The van der Waals surface area contributed by atoms with Gasteiger partial charge in [-0.2, -0.15) is 0 Å². The summed E-state index contributed by atoms with van der Waals surface area (Å²) in [6.45, 7) is 7.67. The molecule has 0 aliphatic carbocycles. The van der Waals surface area contributed by atoms with E-state index in [4.69, 9.17) is 23.2 Å². The van der Waals surface area contributed by atoms with Crippen LogP contribution < -0.4 is 9.62 Å². The number of carbonyl (C=O) groups excluding carboxylic acids is 2. The number of nitrogens with zero attached hydrogens (tertiary/aromatic N) is 2. The summed E-state index contributed by atoms with van der Waals surface area (Å²) in [4.78, 5) is 27.9. The number of para-hydroxylation sites is 1. The number of hydrogen-bond acceptors (Lipinski definition) is 4. The molecule has 198 valence electrons. The summed E-state index contributed by atoms with van der Waals surface area (Å²) in [5.41, 5.74) is 1.91. The highest BCUT2D eigenvalue weighted by atomic mass is 35.5. The van der Waals surface area contributed by atoms with E-state index in [1.807, 2.05) is 32.9 Å². The molecule has 1 N–H and O–H groups in total. The van der Waals surface area contributed by atoms with Crippen LogP contribution in [0.25, 0.3) is 0 Å². The van der Waals surface area contributed by atoms with Crippen LogP contribution in [-0.2, 0) is 26.2 Å². The van der Waals surface area contributed by atoms with E-state index in [0.29, 0.717) is 27.8 Å². The Hall–Kier alpha value is -2.29. The number of hydrogen-bond donors (Lipinski definition) is 1. The first-order valence-electron chi connectivity index (χ1n) is 11.9. The van der Waals surface area contributed by atoms with Gasteiger partial charge in [0, 0.05) is 13.1 Å². The summed E-state index contributed by atoms with van der Waals surface area (Å²) in [5, 5.41) is 3.55. The van der Waals surface area contributed by atoms with Crippen LogP contribution in [0.15, 0.2) is 42.5 Å². The highest BCUT2D eigenvalue weighted by Gasteiger charge is 2.31. The first-order chi connectivity index (χ1) is 16.9. The van der Waals surface area contributed by atoms with Crippen LogP contribution >= 0.6 is 23.2 Å². The standard InChI is InChI=1S/C26H35Cl2N3O4S/c1-6-7-14-29-26(33)19(4)30(16-20-12-13-22(27)23(28)15-20)25(32)17-31(36(5,34)35)24-11-9-8-10-21(24)18(2)3/h8-13,15,18-19H,6-7,14,16-17H2,1-5H3,(H,29,33)/t19-/m1/s1. The molecule has 10 heteroatoms. The molecule has 0 saturated carbocycles. The maximum atomic E-state index is 13.7. The fourth-order valence-electron chi connectivity index (χ4n) is 3.75. The lowest BCUT2D eigenvalue weighted by molar-refractivity contribution is -0.139. The zero-order valence-corrected chi connectivity index (χ0v) is 23.8. The van der Waals surface area contributed by atoms with Crippen molar-refractivity contribution < 1.29 is 18.0 Å². The fraction of sp³-hybridized carbons (Fsp3) is 0.462. The molecule has 2 amide bonds. The number of benzene rings is 2. The molecule has 0 aromatic heterocycles. The highest BCUT2D eigenvalue weighted by Crippen LogP contribution is 2.29. The number of rotatable bonds is 12. The maximum Gasteiger partial charge on any atom is 0.244 e. The summed E-state index contributed by atoms with van der Waals surface area (Å²) in [5.74, 6) is -0.787. The van der Waals surface area contributed by atoms with Crippen LogP contribution in [0, 0.1) is 0 Å². The van der Waals surface area contributed by atoms with Crippen LogP contribution in [0.1, 0.15) is 57.6 Å². The second kappa shape index (κ2) is 13.3. The molecule has 0 spiro atoms. The van der Waals surface area contributed by atoms with Crippen molar-refractivity contribution in [3.05, 3.63) is 63.6 Å². The van der Waals surface area contributed by atoms with Gasteiger partial charge in [0.2, 0.25) is 21.8 Å². The van der Waals surface area contributed by atoms with Crippen molar-refractivity contribution in [3.63, 3.8) is 0 Å². The SMILES string of the molecule is CCCCNC(=O)[C@@H](C)N(Cc1ccc(Cl)c(Cl)c1)C(=O)CN(c1ccccc1C(C)C)S(C)(=O)=O. The number of amides is 2. The summed E-state index contributed by atoms with van der Waals surface area (Å²) in [7, 11) is -3.80. The minimum Gasteiger partial charge on any atom is -0.354 e. The highest BCUT2D eigenvalue weighted by molar-refractivity contribution is 7.92. The van der Waals surface area contributed by atoms with Crippen LogP contribution in [0.5, 0.6) is 0 Å². The van der Waals surface area contributed by atoms with Crippen LogP contribution in [-0.4, -0.2) is 50.5 Å². The quantitative estimate of drug-likeness (QED) is 0.364. The van der Waals surface area contributed by atoms with E-state index in [-0.39, 0.29) is 18.4 Å². The Bertz CT molecular complexity index is 1170. The third kappa shape index (κ3) is 8.11. The molecule has 2 rings (SSSR count). The molecule has 2 aromatic carbocycles. The van der Waals surface area contributed by atoms with E-state index >= 15 is 0 Å². The average Bonchev–Trinajstić information content (AvgIpc) is 2.81. The van der Waals surface area contributed by atoms with E-state index in [2.05, 4.69) is 5.32 Å². The predicted molar refractivity (Wildman–Crippen MR) is 147 cm³/mol. The molecule has 2 aromatic rings. The van der Waals surface area contributed by atoms with E-state index in [1.54, 1.807) is 37.3 Å². The average molecular weight is 557 g/mol. The van der Waals surface area contributed by atoms with Crippen molar-refractivity contribution in [3.8, 4) is 0 Å². The van der Waals surface area contributed by atoms with Crippen molar-refractivity contribution in [1.29, 1.82) is 0 Å². The number of sulfonamides is 1. The number of halogens is 2. The Morgan fingerprint density at radius 1 is 1.03 bits per heavy atom. The van der Waals surface area contributed by atoms with E-state index in [1.165, 1.54) is 4.90 Å². The molecule has 0 saturated heterocycles. The minimum atomic E-state index is -3.80. The van der Waals surface area contributed by atoms with Gasteiger partial charge in [0.25, 0.3) is 0 Å². The van der Waals surface area contributed by atoms with Crippen molar-refractivity contribution in [1.82, 2.24) is 10.2 Å². The van der Waals surface area contributed by atoms with Gasteiger partial charge < -0.3 is 10.2 Å². The second-order valence-corrected chi connectivity index (χ2v) is 11.8. The Labute approximate surface area is 224 Å². The van der Waals surface area contributed by atoms with Gasteiger partial charge in [-0.25, -0.2) is 8.42 Å². The third-order valence-electron chi connectivity index (χ3n) is 5.84. The number of anilines is 1. The van der Waals surface area contributed by atoms with Crippen LogP contribution in [0.4, 0.5) is 5.69 Å². The zero-order valence-electron chi connectivity index (χ0n) is 21.4. The summed E-state index contributed by atoms with van der Waals surface area (Å²) >= 11 is 12.2. The molecular formula is C26H35Cl2N3O4S. The van der Waals surface area contributed by atoms with Crippen molar-refractivity contribution >= 4 is 50.7 Å². The number of nitrogens with one attached hydrogen (secondary N) is 1. The summed E-state index contributed by atoms with van der Waals surface area (Å²) in [6.07, 6.45) is 2.80. The molecule has 0 unspecified atom stereocenters. The largest absolute Gasteiger partial charge is 0.354 e. The maximum absolute atomic E-state index is 13.7. The Morgan fingerprint density at radius 3 is 2.28 bits per heavy atom. The molecule has 0 aliphatic rings. The molecule has 7 nitrogen and oxygen atoms in total. The molecule has 0 heterocycles. The fourth-order valence-corrected chi connectivity index (χ4v) is 4.94. The molecule has 0 radical (unpaired) electrons. The predicted octanol–water partition coefficient (Wildman–Crippen LogP) is 5.22. The summed E-state index contributed by atoms with van der Waals surface area (Å²) < 4.78 is 26.8. The first kappa shape index (κ1) is 29.9. The van der Waals surface area contributed by atoms with Gasteiger partial charge in [-0.05, 0) is 48.6 Å². The van der Waals surface area contributed by atoms with E-state index < -0.39 is 28.5 Å². The Morgan fingerprint density at radius 2 is 1.69 bits per heavy atom. The monoisotopic (exact) mass is 555 g/mol. The van der Waals surface area contributed by atoms with Crippen molar-refractivity contribution in [2.45, 2.75) is 59.0 Å². The van der Waals surface area contributed by atoms with Gasteiger partial charge in [-0.3, -0.25) is 13.9 Å². The Kier molecular flexibility index (Phi) is 11.1. The normalized spacial score (nSPS) is 12.3. The number of carbonyl (C=O) groups is 2. The van der Waals surface area contributed by atoms with E-state index in [9.17, 15) is 18.0 Å². The molecule has 0 bridgehead atoms. The first-order valence-corrected chi connectivity index (χ1v) is 14.5. The zero-order chi connectivity index (χ0) is 27.0. The van der Waals surface area contributed by atoms with Crippen molar-refractivity contribution in [2.75, 3.05) is 23.7 Å². The minimum absolute atomic E-state index is 0.0381. The third-order valence-corrected chi connectivity index (χ3v) is 7.71. The lowest BCUT2D eigenvalue weighted by atomic mass is 10.0. The smallest absolute Gasteiger partial charge is 0.244 e. The topological polar surface area (TPSA) is 86.8 Å².